The van der Waals surface area contributed by atoms with E-state index in [1.165, 1.54) is 0 Å². The van der Waals surface area contributed by atoms with E-state index in [0.717, 1.165) is 7.11 Å². The van der Waals surface area contributed by atoms with Gasteiger partial charge in [-0.2, -0.15) is 0 Å². The Hall–Kier alpha value is -0.370. The molecule has 0 saturated carbocycles. The minimum atomic E-state index is 0. The predicted octanol–water partition coefficient (Wildman–Crippen LogP) is 1.27. The molecule has 0 atom stereocenters. The van der Waals surface area contributed by atoms with E-state index < -0.39 is 0 Å². The van der Waals surface area contributed by atoms with Gasteiger partial charge in [-0.3, -0.25) is 14.1 Å². The van der Waals surface area contributed by atoms with Crippen LogP contribution in [0.2, 0.25) is 0 Å². The number of rotatable bonds is 0. The predicted molar refractivity (Wildman–Crippen MR) is 57.3 cm³/mol. The van der Waals surface area contributed by atoms with Crippen LogP contribution >= 0.6 is 0 Å². The molecule has 0 radical (unpaired) electrons. The van der Waals surface area contributed by atoms with Crippen LogP contribution in [0.4, 0.5) is 14.1 Å². The van der Waals surface area contributed by atoms with Gasteiger partial charge in [0.05, 0.1) is 0 Å². The first-order chi connectivity index (χ1) is 3.00. The Bertz CT molecular complexity index is 23.1. The maximum atomic E-state index is 7.00. The number of aliphatic hydroxyl groups excluding tert-OH is 1. The first-order valence-electron chi connectivity index (χ1n) is 2.45. The molecule has 0 amide bonds. The molecule has 0 aliphatic carbocycles. The summed E-state index contributed by atoms with van der Waals surface area (Å²) in [6.07, 6.45) is 0. The van der Waals surface area contributed by atoms with E-state index in [4.69, 9.17) is 5.11 Å². The van der Waals surface area contributed by atoms with Gasteiger partial charge >= 0.3 is 0 Å². The van der Waals surface area contributed by atoms with Crippen molar-refractivity contribution in [1.29, 1.82) is 0 Å². The van der Waals surface area contributed by atoms with Crippen LogP contribution in [0.25, 0.3) is 0 Å². The summed E-state index contributed by atoms with van der Waals surface area (Å²) < 4.78 is 0. The maximum absolute atomic E-state index is 7.00. The zero-order valence-electron chi connectivity index (χ0n) is 8.38. The van der Waals surface area contributed by atoms with Crippen molar-refractivity contribution < 1.29 is 30.2 Å². The molecule has 0 aromatic carbocycles. The fraction of sp³-hybridized carbons (Fsp3) is 1.00. The number of halogens is 3. The van der Waals surface area contributed by atoms with Crippen molar-refractivity contribution in [2.24, 2.45) is 0 Å². The summed E-state index contributed by atoms with van der Waals surface area (Å²) in [5.41, 5.74) is 0. The van der Waals surface area contributed by atoms with Gasteiger partial charge in [-0.15, -0.1) is 0 Å². The van der Waals surface area contributed by atoms with Gasteiger partial charge in [0.15, 0.2) is 0 Å². The maximum Gasteiger partial charge on any atom is 0.0319 e. The second kappa shape index (κ2) is 9600. The van der Waals surface area contributed by atoms with Crippen LogP contribution in [0.15, 0.2) is 0 Å². The molecule has 13 heavy (non-hydrogen) atoms. The second-order valence-electron chi connectivity index (χ2n) is 0. The second-order valence-corrected chi connectivity index (χ2v) is 0. The average Bonchev–Trinajstić information content (AvgIpc) is 1.81. The van der Waals surface area contributed by atoms with Crippen molar-refractivity contribution >= 4 is 0 Å². The third-order valence-electron chi connectivity index (χ3n) is 0. The molecule has 0 bridgehead atoms. The first-order valence-corrected chi connectivity index (χ1v) is 2.45. The zero-order chi connectivity index (χ0) is 6.00. The molecule has 0 saturated heterocycles. The van der Waals surface area contributed by atoms with E-state index in [0.29, 0.717) is 0 Å². The molecule has 0 spiro atoms. The Balaban J connectivity index is -0.00000000102. The van der Waals surface area contributed by atoms with Crippen LogP contribution in [-0.4, -0.2) is 23.2 Å². The zero-order valence-corrected chi connectivity index (χ0v) is 8.38. The van der Waals surface area contributed by atoms with E-state index in [2.05, 4.69) is 0 Å². The minimum Gasteiger partial charge on any atom is -0.412 e. The molecule has 0 unspecified atom stereocenters. The van der Waals surface area contributed by atoms with E-state index in [1.807, 2.05) is 27.7 Å². The highest BCUT2D eigenvalue weighted by atomic mass is 19.0. The Morgan fingerprint density at radius 2 is 0.615 bits per heavy atom. The van der Waals surface area contributed by atoms with Gasteiger partial charge in [0, 0.05) is 7.11 Å². The normalized spacial score (nSPS) is 1.38. The van der Waals surface area contributed by atoms with Gasteiger partial charge in [-0.1, -0.05) is 35.1 Å². The third kappa shape index (κ3) is 7880. The molecule has 8 N–H and O–H groups in total. The Labute approximate surface area is 79.7 Å². The largest absolute Gasteiger partial charge is 0.412 e. The van der Waals surface area contributed by atoms with Crippen LogP contribution in [-0.2, 0) is 0 Å². The highest BCUT2D eigenvalue weighted by molar-refractivity contribution is 3.51. The standard InChI is InChI=1S/2C2H6.CH4O.CH4.3FH.H3N.2H2O/c3*1-2;;;;;;;/h2*1-2H3;2H,1H3;1H4;3*1H;1H3;2*1H2. The van der Waals surface area contributed by atoms with E-state index in [-0.39, 0.29) is 38.6 Å². The number of hydrogen-bond acceptors (Lipinski definition) is 2. The van der Waals surface area contributed by atoms with Gasteiger partial charge in [0.25, 0.3) is 0 Å². The summed E-state index contributed by atoms with van der Waals surface area (Å²) >= 11 is 0. The van der Waals surface area contributed by atoms with Crippen molar-refractivity contribution in [1.82, 2.24) is 6.15 Å². The molecule has 0 fully saturated rings. The van der Waals surface area contributed by atoms with Crippen LogP contribution in [0.3, 0.4) is 0 Å². The lowest BCUT2D eigenvalue weighted by Crippen LogP contribution is -1.25. The van der Waals surface area contributed by atoms with E-state index in [1.54, 1.807) is 0 Å². The van der Waals surface area contributed by atoms with E-state index in [9.17, 15) is 0 Å². The quantitative estimate of drug-likeness (QED) is 0.640. The van der Waals surface area contributed by atoms with Gasteiger partial charge < -0.3 is 22.2 Å². The molecule has 4 nitrogen and oxygen atoms in total. The Morgan fingerprint density at radius 1 is 0.615 bits per heavy atom. The van der Waals surface area contributed by atoms with E-state index >= 15 is 0 Å². The van der Waals surface area contributed by atoms with Gasteiger partial charge in [0.1, 0.15) is 0 Å². The summed E-state index contributed by atoms with van der Waals surface area (Å²) in [6.45, 7) is 8.00. The van der Waals surface area contributed by atoms with Crippen LogP contribution in [0.5, 0.6) is 0 Å². The molecular weight excluding hydrogens is 191 g/mol. The summed E-state index contributed by atoms with van der Waals surface area (Å²) in [6, 6.07) is 0. The van der Waals surface area contributed by atoms with Gasteiger partial charge in [-0.05, 0) is 0 Å². The fourth-order valence-electron chi connectivity index (χ4n) is 0. The highest BCUT2D eigenvalue weighted by Gasteiger charge is 0.934. The Morgan fingerprint density at radius 3 is 0.615 bits per heavy atom. The van der Waals surface area contributed by atoms with Crippen molar-refractivity contribution in [2.45, 2.75) is 35.1 Å². The molecule has 0 heterocycles. The summed E-state index contributed by atoms with van der Waals surface area (Å²) in [5, 5.41) is 7.00. The number of aliphatic hydroxyl groups is 1. The molecule has 0 aromatic heterocycles. The highest BCUT2D eigenvalue weighted by Crippen LogP contribution is 1.15. The summed E-state index contributed by atoms with van der Waals surface area (Å²) in [4.78, 5) is 0. The van der Waals surface area contributed by atoms with Crippen molar-refractivity contribution in [3.63, 3.8) is 0 Å². The van der Waals surface area contributed by atoms with Gasteiger partial charge in [0.2, 0.25) is 0 Å². The van der Waals surface area contributed by atoms with Gasteiger partial charge in [-0.25, -0.2) is 0 Å². The molecule has 0 aliphatic heterocycles. The third-order valence-corrected chi connectivity index (χ3v) is 0. The smallest absolute Gasteiger partial charge is 0.0319 e. The molecule has 0 rings (SSSR count). The molecule has 98 valence electrons. The molecule has 0 aromatic rings. The van der Waals surface area contributed by atoms with Crippen molar-refractivity contribution in [3.05, 3.63) is 0 Å². The fourth-order valence-corrected chi connectivity index (χ4v) is 0. The minimum absolute atomic E-state index is 0. The number of hydrogen-bond donors (Lipinski definition) is 2. The SMILES string of the molecule is C.CC.CC.CO.F.F.F.N.O.O. The molecular formula is C6H30F3NO3. The summed E-state index contributed by atoms with van der Waals surface area (Å²) in [7, 11) is 1.00. The summed E-state index contributed by atoms with van der Waals surface area (Å²) in [5.74, 6) is 0. The lowest BCUT2D eigenvalue weighted by Gasteiger charge is -1.21. The van der Waals surface area contributed by atoms with Crippen LogP contribution < -0.4 is 6.15 Å². The lowest BCUT2D eigenvalue weighted by atomic mass is 11.0. The van der Waals surface area contributed by atoms with Crippen molar-refractivity contribution in [2.75, 3.05) is 7.11 Å². The monoisotopic (exact) mass is 221 g/mol. The first kappa shape index (κ1) is 247. The Kier molecular flexibility index (Phi) is 182000. The lowest BCUT2D eigenvalue weighted by molar-refractivity contribution is 0.399. The average molecular weight is 221 g/mol. The van der Waals surface area contributed by atoms with Crippen molar-refractivity contribution in [3.8, 4) is 0 Å². The van der Waals surface area contributed by atoms with Crippen LogP contribution in [0.1, 0.15) is 35.1 Å². The molecule has 7 heteroatoms. The molecule has 0 aliphatic rings. The topological polar surface area (TPSA) is 118 Å². The van der Waals surface area contributed by atoms with Crippen LogP contribution in [0, 0.1) is 0 Å².